The zero-order valence-corrected chi connectivity index (χ0v) is 10.3. The summed E-state index contributed by atoms with van der Waals surface area (Å²) in [7, 11) is 1.75. The summed E-state index contributed by atoms with van der Waals surface area (Å²) in [4.78, 5) is 0. The number of benzene rings is 1. The Hall–Kier alpha value is -0.740. The molecule has 0 saturated heterocycles. The number of ether oxygens (including phenoxy) is 1. The zero-order valence-electron chi connectivity index (χ0n) is 8.73. The van der Waals surface area contributed by atoms with Crippen LogP contribution in [0, 0.1) is 0 Å². The maximum absolute atomic E-state index is 10.9. The molecule has 0 spiro atoms. The molecule has 1 aromatic carbocycles. The molecular formula is C11H13ClO3S. The summed E-state index contributed by atoms with van der Waals surface area (Å²) in [5, 5.41) is 0. The minimum atomic E-state index is -3.44. The van der Waals surface area contributed by atoms with Crippen LogP contribution in [0.25, 0.3) is 0 Å². The van der Waals surface area contributed by atoms with E-state index in [1.807, 2.05) is 24.3 Å². The molecule has 1 saturated carbocycles. The predicted octanol–water partition coefficient (Wildman–Crippen LogP) is 2.34. The molecule has 2 rings (SSSR count). The Bertz CT molecular complexity index is 466. The monoisotopic (exact) mass is 260 g/mol. The second-order valence-electron chi connectivity index (χ2n) is 3.92. The summed E-state index contributed by atoms with van der Waals surface area (Å²) < 4.78 is 27.4. The van der Waals surface area contributed by atoms with Gasteiger partial charge in [0.25, 0.3) is 0 Å². The summed E-state index contributed by atoms with van der Waals surface area (Å²) in [5.74, 6) is 0.727. The van der Waals surface area contributed by atoms with Gasteiger partial charge in [0, 0.05) is 10.7 Å². The lowest BCUT2D eigenvalue weighted by atomic mass is 10.1. The SMILES string of the molecule is O=S(=O)(Cl)CCc1ccccc1OC1CC1. The molecule has 0 radical (unpaired) electrons. The molecule has 1 fully saturated rings. The molecule has 0 heterocycles. The largest absolute Gasteiger partial charge is 0.490 e. The van der Waals surface area contributed by atoms with Crippen LogP contribution in [0.5, 0.6) is 5.75 Å². The Morgan fingerprint density at radius 2 is 2.00 bits per heavy atom. The summed E-state index contributed by atoms with van der Waals surface area (Å²) >= 11 is 0. The van der Waals surface area contributed by atoms with Crippen LogP contribution in [-0.4, -0.2) is 20.3 Å². The van der Waals surface area contributed by atoms with E-state index in [-0.39, 0.29) is 5.75 Å². The van der Waals surface area contributed by atoms with Gasteiger partial charge < -0.3 is 4.74 Å². The average molecular weight is 261 g/mol. The molecule has 0 N–H and O–H groups in total. The van der Waals surface area contributed by atoms with E-state index in [4.69, 9.17) is 15.4 Å². The van der Waals surface area contributed by atoms with E-state index in [9.17, 15) is 8.42 Å². The quantitative estimate of drug-likeness (QED) is 0.764. The Kier molecular flexibility index (Phi) is 3.40. The third-order valence-corrected chi connectivity index (χ3v) is 3.56. The number of aryl methyl sites for hydroxylation is 1. The first-order chi connectivity index (χ1) is 7.54. The lowest BCUT2D eigenvalue weighted by Crippen LogP contribution is -2.04. The van der Waals surface area contributed by atoms with Crippen molar-refractivity contribution in [3.05, 3.63) is 29.8 Å². The molecule has 3 nitrogen and oxygen atoms in total. The normalized spacial score (nSPS) is 16.1. The zero-order chi connectivity index (χ0) is 11.6. The molecule has 0 amide bonds. The highest BCUT2D eigenvalue weighted by Gasteiger charge is 2.24. The van der Waals surface area contributed by atoms with Crippen molar-refractivity contribution in [2.75, 3.05) is 5.75 Å². The molecule has 0 atom stereocenters. The second kappa shape index (κ2) is 4.63. The Labute approximate surface area is 99.8 Å². The van der Waals surface area contributed by atoms with Crippen molar-refractivity contribution < 1.29 is 13.2 Å². The van der Waals surface area contributed by atoms with Crippen LogP contribution >= 0.6 is 10.7 Å². The molecule has 0 aromatic heterocycles. The standard InChI is InChI=1S/C11H13ClO3S/c12-16(13,14)8-7-9-3-1-2-4-11(9)15-10-5-6-10/h1-4,10H,5-8H2. The maximum atomic E-state index is 10.9. The Morgan fingerprint density at radius 1 is 1.31 bits per heavy atom. The van der Waals surface area contributed by atoms with Gasteiger partial charge in [0.1, 0.15) is 5.75 Å². The first-order valence-corrected chi connectivity index (χ1v) is 7.69. The number of halogens is 1. The van der Waals surface area contributed by atoms with Crippen LogP contribution in [0.4, 0.5) is 0 Å². The van der Waals surface area contributed by atoms with E-state index in [0.29, 0.717) is 12.5 Å². The van der Waals surface area contributed by atoms with E-state index >= 15 is 0 Å². The highest BCUT2D eigenvalue weighted by atomic mass is 35.7. The van der Waals surface area contributed by atoms with Crippen molar-refractivity contribution in [3.8, 4) is 5.75 Å². The fourth-order valence-electron chi connectivity index (χ4n) is 1.42. The summed E-state index contributed by atoms with van der Waals surface area (Å²) in [6.45, 7) is 0. The van der Waals surface area contributed by atoms with Crippen LogP contribution in [0.2, 0.25) is 0 Å². The third-order valence-electron chi connectivity index (χ3n) is 2.41. The topological polar surface area (TPSA) is 43.4 Å². The molecule has 16 heavy (non-hydrogen) atoms. The van der Waals surface area contributed by atoms with Gasteiger partial charge in [-0.15, -0.1) is 0 Å². The molecule has 0 bridgehead atoms. The van der Waals surface area contributed by atoms with Gasteiger partial charge in [0.05, 0.1) is 11.9 Å². The van der Waals surface area contributed by atoms with Crippen molar-refractivity contribution in [1.29, 1.82) is 0 Å². The molecule has 1 aliphatic carbocycles. The second-order valence-corrected chi connectivity index (χ2v) is 6.81. The predicted molar refractivity (Wildman–Crippen MR) is 63.4 cm³/mol. The van der Waals surface area contributed by atoms with Crippen molar-refractivity contribution >= 4 is 19.7 Å². The van der Waals surface area contributed by atoms with Gasteiger partial charge in [0.15, 0.2) is 0 Å². The van der Waals surface area contributed by atoms with Crippen molar-refractivity contribution in [2.24, 2.45) is 0 Å². The van der Waals surface area contributed by atoms with Gasteiger partial charge in [0.2, 0.25) is 9.05 Å². The van der Waals surface area contributed by atoms with Crippen molar-refractivity contribution in [1.82, 2.24) is 0 Å². The van der Waals surface area contributed by atoms with Crippen LogP contribution in [-0.2, 0) is 15.5 Å². The first-order valence-electron chi connectivity index (χ1n) is 5.21. The van der Waals surface area contributed by atoms with Gasteiger partial charge in [-0.25, -0.2) is 8.42 Å². The van der Waals surface area contributed by atoms with Gasteiger partial charge in [-0.3, -0.25) is 0 Å². The summed E-state index contributed by atoms with van der Waals surface area (Å²) in [6, 6.07) is 7.50. The fraction of sp³-hybridized carbons (Fsp3) is 0.455. The first kappa shape index (κ1) is 11.7. The van der Waals surface area contributed by atoms with Gasteiger partial charge in [-0.2, -0.15) is 0 Å². The number of para-hydroxylation sites is 1. The van der Waals surface area contributed by atoms with Crippen LogP contribution in [0.15, 0.2) is 24.3 Å². The van der Waals surface area contributed by atoms with Crippen LogP contribution in [0.3, 0.4) is 0 Å². The third kappa shape index (κ3) is 3.68. The number of hydrogen-bond donors (Lipinski definition) is 0. The molecule has 88 valence electrons. The van der Waals surface area contributed by atoms with E-state index in [2.05, 4.69) is 0 Å². The van der Waals surface area contributed by atoms with Gasteiger partial charge >= 0.3 is 0 Å². The number of hydrogen-bond acceptors (Lipinski definition) is 3. The Balaban J connectivity index is 2.06. The fourth-order valence-corrected chi connectivity index (χ4v) is 2.12. The van der Waals surface area contributed by atoms with Crippen LogP contribution in [0.1, 0.15) is 18.4 Å². The minimum absolute atomic E-state index is 0.0560. The lowest BCUT2D eigenvalue weighted by Gasteiger charge is -2.09. The molecule has 0 aliphatic heterocycles. The van der Waals surface area contributed by atoms with E-state index < -0.39 is 9.05 Å². The molecule has 1 aromatic rings. The van der Waals surface area contributed by atoms with Crippen LogP contribution < -0.4 is 4.74 Å². The lowest BCUT2D eigenvalue weighted by molar-refractivity contribution is 0.300. The van der Waals surface area contributed by atoms with Crippen molar-refractivity contribution in [2.45, 2.75) is 25.4 Å². The summed E-state index contributed by atoms with van der Waals surface area (Å²) in [6.07, 6.45) is 2.88. The Morgan fingerprint density at radius 3 is 2.62 bits per heavy atom. The highest BCUT2D eigenvalue weighted by Crippen LogP contribution is 2.29. The van der Waals surface area contributed by atoms with E-state index in [1.54, 1.807) is 0 Å². The average Bonchev–Trinajstić information content (AvgIpc) is 2.99. The summed E-state index contributed by atoms with van der Waals surface area (Å²) in [5.41, 5.74) is 0.902. The molecule has 1 aliphatic rings. The van der Waals surface area contributed by atoms with Gasteiger partial charge in [-0.05, 0) is 30.9 Å². The highest BCUT2D eigenvalue weighted by molar-refractivity contribution is 8.13. The smallest absolute Gasteiger partial charge is 0.232 e. The minimum Gasteiger partial charge on any atom is -0.490 e. The van der Waals surface area contributed by atoms with Crippen molar-refractivity contribution in [3.63, 3.8) is 0 Å². The number of rotatable bonds is 5. The van der Waals surface area contributed by atoms with Gasteiger partial charge in [-0.1, -0.05) is 18.2 Å². The van der Waals surface area contributed by atoms with E-state index in [1.165, 1.54) is 0 Å². The molecule has 5 heteroatoms. The maximum Gasteiger partial charge on any atom is 0.232 e. The molecular weight excluding hydrogens is 248 g/mol. The molecule has 0 unspecified atom stereocenters. The van der Waals surface area contributed by atoms with E-state index in [0.717, 1.165) is 24.2 Å².